The summed E-state index contributed by atoms with van der Waals surface area (Å²) in [4.78, 5) is 35.0. The average molecular weight is 213 g/mol. The first-order chi connectivity index (χ1) is 6.90. The Labute approximate surface area is 85.5 Å². The Morgan fingerprint density at radius 3 is 2.40 bits per heavy atom. The maximum Gasteiger partial charge on any atom is 0.323 e. The van der Waals surface area contributed by atoms with E-state index in [4.69, 9.17) is 16.4 Å². The highest BCUT2D eigenvalue weighted by molar-refractivity contribution is 6.25. The van der Waals surface area contributed by atoms with Crippen LogP contribution < -0.4 is 5.73 Å². The molecule has 7 nitrogen and oxygen atoms in total. The third-order valence-electron chi connectivity index (χ3n) is 1.86. The van der Waals surface area contributed by atoms with Crippen molar-refractivity contribution in [2.75, 3.05) is 0 Å². The van der Waals surface area contributed by atoms with Crippen molar-refractivity contribution in [3.63, 3.8) is 0 Å². The lowest BCUT2D eigenvalue weighted by molar-refractivity contribution is -0.142. The van der Waals surface area contributed by atoms with E-state index in [9.17, 15) is 14.4 Å². The monoisotopic (exact) mass is 213 g/mol. The Hall–Kier alpha value is -1.85. The Morgan fingerprint density at radius 1 is 1.53 bits per heavy atom. The summed E-state index contributed by atoms with van der Waals surface area (Å²) in [7, 11) is 0. The molecule has 0 amide bonds. The van der Waals surface area contributed by atoms with Crippen molar-refractivity contribution in [2.24, 2.45) is 11.7 Å². The summed E-state index contributed by atoms with van der Waals surface area (Å²) < 4.78 is 0. The third kappa shape index (κ3) is 4.26. The number of nitrogens with zero attached hydrogens (tertiary/aromatic N) is 2. The number of carboxylic acid groups (broad SMARTS) is 1. The SMILES string of the molecule is CC(=O)C(CC(=O)C=[N+]=[N-])[C@H](N)C(=O)O. The second-order valence-electron chi connectivity index (χ2n) is 3.00. The summed E-state index contributed by atoms with van der Waals surface area (Å²) in [6.07, 6.45) is 0.220. The lowest BCUT2D eigenvalue weighted by Crippen LogP contribution is -2.42. The normalized spacial score (nSPS) is 13.5. The lowest BCUT2D eigenvalue weighted by atomic mass is 9.91. The van der Waals surface area contributed by atoms with Crippen LogP contribution in [0.25, 0.3) is 5.53 Å². The van der Waals surface area contributed by atoms with E-state index in [1.165, 1.54) is 0 Å². The van der Waals surface area contributed by atoms with Crippen molar-refractivity contribution in [1.82, 2.24) is 0 Å². The number of aliphatic carboxylic acids is 1. The highest BCUT2D eigenvalue weighted by Crippen LogP contribution is 2.09. The molecule has 2 atom stereocenters. The van der Waals surface area contributed by atoms with Gasteiger partial charge in [-0.2, -0.15) is 4.79 Å². The number of carboxylic acids is 1. The van der Waals surface area contributed by atoms with Crippen LogP contribution in [-0.2, 0) is 14.4 Å². The van der Waals surface area contributed by atoms with E-state index in [2.05, 4.69) is 4.79 Å². The Morgan fingerprint density at radius 2 is 2.07 bits per heavy atom. The summed E-state index contributed by atoms with van der Waals surface area (Å²) in [6.45, 7) is 1.15. The van der Waals surface area contributed by atoms with Crippen molar-refractivity contribution in [1.29, 1.82) is 0 Å². The molecule has 0 heterocycles. The second kappa shape index (κ2) is 5.79. The van der Waals surface area contributed by atoms with E-state index in [1.807, 2.05) is 0 Å². The number of carbonyl (C=O) groups is 3. The molecule has 0 rings (SSSR count). The van der Waals surface area contributed by atoms with Crippen molar-refractivity contribution < 1.29 is 24.3 Å². The van der Waals surface area contributed by atoms with Gasteiger partial charge in [0, 0.05) is 6.42 Å². The van der Waals surface area contributed by atoms with Gasteiger partial charge < -0.3 is 16.4 Å². The van der Waals surface area contributed by atoms with E-state index in [1.54, 1.807) is 0 Å². The van der Waals surface area contributed by atoms with Crippen LogP contribution >= 0.6 is 0 Å². The molecule has 0 spiro atoms. The number of carbonyl (C=O) groups excluding carboxylic acids is 2. The van der Waals surface area contributed by atoms with E-state index >= 15 is 0 Å². The fourth-order valence-corrected chi connectivity index (χ4v) is 1.03. The Balaban J connectivity index is 4.69. The molecule has 7 heteroatoms. The molecule has 82 valence electrons. The van der Waals surface area contributed by atoms with Crippen molar-refractivity contribution in [2.45, 2.75) is 19.4 Å². The van der Waals surface area contributed by atoms with Gasteiger partial charge in [-0.05, 0) is 6.92 Å². The second-order valence-corrected chi connectivity index (χ2v) is 3.00. The van der Waals surface area contributed by atoms with Gasteiger partial charge in [-0.3, -0.25) is 14.4 Å². The number of Topliss-reactive ketones (excluding diaryl/α,β-unsaturated/α-hetero) is 2. The van der Waals surface area contributed by atoms with Crippen LogP contribution in [0, 0.1) is 5.92 Å². The van der Waals surface area contributed by atoms with Crippen LogP contribution in [0.5, 0.6) is 0 Å². The number of hydrogen-bond acceptors (Lipinski definition) is 4. The molecule has 0 saturated carbocycles. The maximum atomic E-state index is 11.0. The van der Waals surface area contributed by atoms with Crippen LogP contribution in [0.3, 0.4) is 0 Å². The third-order valence-corrected chi connectivity index (χ3v) is 1.86. The molecule has 1 unspecified atom stereocenters. The van der Waals surface area contributed by atoms with Gasteiger partial charge in [-0.25, -0.2) is 0 Å². The van der Waals surface area contributed by atoms with Gasteiger partial charge in [0.05, 0.1) is 5.92 Å². The summed E-state index contributed by atoms with van der Waals surface area (Å²) >= 11 is 0. The fraction of sp³-hybridized carbons (Fsp3) is 0.500. The standard InChI is InChI=1S/C8H11N3O4/c1-4(12)6(7(9)8(14)15)2-5(13)3-11-10/h3,6-7H,2,9H2,1H3,(H,14,15)/t6?,7-/m0/s1. The topological polar surface area (TPSA) is 134 Å². The number of rotatable bonds is 6. The zero-order valence-electron chi connectivity index (χ0n) is 8.08. The molecule has 0 aliphatic rings. The summed E-state index contributed by atoms with van der Waals surface area (Å²) in [5.41, 5.74) is 13.3. The first-order valence-electron chi connectivity index (χ1n) is 4.09. The zero-order valence-corrected chi connectivity index (χ0v) is 8.08. The highest BCUT2D eigenvalue weighted by atomic mass is 16.4. The van der Waals surface area contributed by atoms with Gasteiger partial charge in [0.2, 0.25) is 5.78 Å². The summed E-state index contributed by atoms with van der Waals surface area (Å²) in [5, 5.41) is 8.57. The Kier molecular flexibility index (Phi) is 5.08. The van der Waals surface area contributed by atoms with E-state index in [-0.39, 0.29) is 6.42 Å². The summed E-state index contributed by atoms with van der Waals surface area (Å²) in [5.74, 6) is -3.61. The predicted octanol–water partition coefficient (Wildman–Crippen LogP) is -1.14. The molecule has 0 bridgehead atoms. The lowest BCUT2D eigenvalue weighted by Gasteiger charge is -2.15. The average Bonchev–Trinajstić information content (AvgIpc) is 2.13. The van der Waals surface area contributed by atoms with Gasteiger partial charge in [0.25, 0.3) is 0 Å². The molecule has 15 heavy (non-hydrogen) atoms. The molecule has 0 aliphatic heterocycles. The van der Waals surface area contributed by atoms with Crippen LogP contribution in [0.4, 0.5) is 0 Å². The van der Waals surface area contributed by atoms with Crippen molar-refractivity contribution >= 4 is 23.8 Å². The minimum absolute atomic E-state index is 0.382. The van der Waals surface area contributed by atoms with Crippen LogP contribution in [0.15, 0.2) is 0 Å². The van der Waals surface area contributed by atoms with E-state index < -0.39 is 29.5 Å². The summed E-state index contributed by atoms with van der Waals surface area (Å²) in [6, 6.07) is -1.43. The van der Waals surface area contributed by atoms with Crippen LogP contribution in [0.2, 0.25) is 0 Å². The van der Waals surface area contributed by atoms with E-state index in [0.29, 0.717) is 6.21 Å². The zero-order chi connectivity index (χ0) is 12.0. The minimum Gasteiger partial charge on any atom is -0.480 e. The number of ketones is 2. The fourth-order valence-electron chi connectivity index (χ4n) is 1.03. The minimum atomic E-state index is -1.43. The van der Waals surface area contributed by atoms with Crippen molar-refractivity contribution in [3.8, 4) is 0 Å². The highest BCUT2D eigenvalue weighted by Gasteiger charge is 2.30. The molecule has 0 aromatic heterocycles. The molecule has 0 radical (unpaired) electrons. The largest absolute Gasteiger partial charge is 0.480 e. The molecular weight excluding hydrogens is 202 g/mol. The molecule has 0 aromatic rings. The quantitative estimate of drug-likeness (QED) is 0.327. The molecule has 0 saturated heterocycles. The molecular formula is C8H11N3O4. The molecule has 0 fully saturated rings. The smallest absolute Gasteiger partial charge is 0.323 e. The number of hydrogen-bond donors (Lipinski definition) is 2. The maximum absolute atomic E-state index is 11.0. The van der Waals surface area contributed by atoms with E-state index in [0.717, 1.165) is 6.92 Å². The first kappa shape index (κ1) is 13.2. The molecule has 3 N–H and O–H groups in total. The first-order valence-corrected chi connectivity index (χ1v) is 4.09. The molecule has 0 aliphatic carbocycles. The predicted molar refractivity (Wildman–Crippen MR) is 49.1 cm³/mol. The van der Waals surface area contributed by atoms with Gasteiger partial charge in [0.15, 0.2) is 0 Å². The van der Waals surface area contributed by atoms with Crippen LogP contribution in [0.1, 0.15) is 13.3 Å². The number of nitrogens with two attached hydrogens (primary N) is 1. The van der Waals surface area contributed by atoms with Crippen molar-refractivity contribution in [3.05, 3.63) is 5.53 Å². The molecule has 0 aromatic carbocycles. The van der Waals surface area contributed by atoms with Gasteiger partial charge in [0.1, 0.15) is 11.8 Å². The van der Waals surface area contributed by atoms with Gasteiger partial charge in [-0.15, -0.1) is 0 Å². The van der Waals surface area contributed by atoms with Crippen LogP contribution in [-0.4, -0.2) is 39.7 Å². The van der Waals surface area contributed by atoms with Gasteiger partial charge in [-0.1, -0.05) is 0 Å². The Bertz CT molecular complexity index is 333. The van der Waals surface area contributed by atoms with Gasteiger partial charge >= 0.3 is 12.2 Å².